The highest BCUT2D eigenvalue weighted by Gasteiger charge is 2.08. The maximum Gasteiger partial charge on any atom is 0.249 e. The smallest absolute Gasteiger partial charge is 0.249 e. The van der Waals surface area contributed by atoms with E-state index in [4.69, 9.17) is 23.2 Å². The van der Waals surface area contributed by atoms with Gasteiger partial charge in [0.1, 0.15) is 0 Å². The third-order valence-corrected chi connectivity index (χ3v) is 4.16. The highest BCUT2D eigenvalue weighted by Crippen LogP contribution is 2.27. The van der Waals surface area contributed by atoms with Crippen LogP contribution in [0, 0.1) is 0 Å². The van der Waals surface area contributed by atoms with Crippen LogP contribution in [0.15, 0.2) is 48.9 Å². The van der Waals surface area contributed by atoms with E-state index in [2.05, 4.69) is 25.5 Å². The monoisotopic (exact) mass is 374 g/mol. The summed E-state index contributed by atoms with van der Waals surface area (Å²) in [5.74, 6) is 1.07. The van der Waals surface area contributed by atoms with Crippen molar-refractivity contribution >= 4 is 40.7 Å². The van der Waals surface area contributed by atoms with Gasteiger partial charge in [-0.05, 0) is 42.3 Å². The van der Waals surface area contributed by atoms with Crippen molar-refractivity contribution in [3.63, 3.8) is 0 Å². The maximum atomic E-state index is 6.15. The van der Waals surface area contributed by atoms with Gasteiger partial charge in [0.05, 0.1) is 16.9 Å². The minimum atomic E-state index is 0.359. The maximum absolute atomic E-state index is 6.15. The topological polar surface area (TPSA) is 66.8 Å². The molecular formula is C17H16Cl2N6. The molecule has 0 aliphatic heterocycles. The molecule has 0 fully saturated rings. The van der Waals surface area contributed by atoms with Gasteiger partial charge in [-0.2, -0.15) is 10.1 Å². The summed E-state index contributed by atoms with van der Waals surface area (Å²) in [5, 5.41) is 12.2. The molecule has 0 aliphatic rings. The molecule has 0 saturated carbocycles. The first-order valence-corrected chi connectivity index (χ1v) is 8.39. The number of hydrogen-bond acceptors (Lipinski definition) is 6. The predicted molar refractivity (Wildman–Crippen MR) is 101 cm³/mol. The molecule has 0 aliphatic carbocycles. The van der Waals surface area contributed by atoms with E-state index in [1.807, 2.05) is 24.1 Å². The van der Waals surface area contributed by atoms with Crippen molar-refractivity contribution in [3.8, 4) is 0 Å². The molecule has 8 heteroatoms. The van der Waals surface area contributed by atoms with E-state index in [0.29, 0.717) is 27.5 Å². The number of nitrogens with zero attached hydrogens (tertiary/aromatic N) is 5. The van der Waals surface area contributed by atoms with Crippen LogP contribution in [0.2, 0.25) is 10.0 Å². The molecule has 0 saturated heterocycles. The molecule has 3 aromatic rings. The molecule has 0 amide bonds. The fraction of sp³-hybridized carbons (Fsp3) is 0.176. The summed E-state index contributed by atoms with van der Waals surface area (Å²) in [4.78, 5) is 10.5. The summed E-state index contributed by atoms with van der Waals surface area (Å²) in [6.07, 6.45) is 6.08. The van der Waals surface area contributed by atoms with Crippen LogP contribution in [-0.4, -0.2) is 33.8 Å². The summed E-state index contributed by atoms with van der Waals surface area (Å²) in [7, 11) is 1.96. The van der Waals surface area contributed by atoms with Crippen LogP contribution in [-0.2, 0) is 6.42 Å². The molecule has 6 nitrogen and oxygen atoms in total. The Hall–Kier alpha value is -2.44. The predicted octanol–water partition coefficient (Wildman–Crippen LogP) is 4.00. The lowest BCUT2D eigenvalue weighted by Gasteiger charge is -2.18. The lowest BCUT2D eigenvalue weighted by molar-refractivity contribution is 0.840. The van der Waals surface area contributed by atoms with E-state index in [1.165, 1.54) is 5.56 Å². The van der Waals surface area contributed by atoms with Crippen molar-refractivity contribution in [3.05, 3.63) is 64.5 Å². The number of hydrogen-bond donors (Lipinski definition) is 1. The molecule has 2 heterocycles. The third-order valence-electron chi connectivity index (χ3n) is 3.60. The van der Waals surface area contributed by atoms with E-state index < -0.39 is 0 Å². The van der Waals surface area contributed by atoms with Crippen molar-refractivity contribution in [1.82, 2.24) is 20.2 Å². The Labute approximate surface area is 155 Å². The summed E-state index contributed by atoms with van der Waals surface area (Å²) in [6.45, 7) is 0.792. The second-order valence-corrected chi connectivity index (χ2v) is 6.26. The highest BCUT2D eigenvalue weighted by atomic mass is 35.5. The molecule has 0 atom stereocenters. The van der Waals surface area contributed by atoms with Crippen molar-refractivity contribution < 1.29 is 0 Å². The van der Waals surface area contributed by atoms with E-state index in [0.717, 1.165) is 13.0 Å². The molecule has 25 heavy (non-hydrogen) atoms. The van der Waals surface area contributed by atoms with Gasteiger partial charge in [0, 0.05) is 31.0 Å². The Morgan fingerprint density at radius 3 is 2.72 bits per heavy atom. The van der Waals surface area contributed by atoms with Gasteiger partial charge < -0.3 is 10.2 Å². The highest BCUT2D eigenvalue weighted by molar-refractivity contribution is 6.35. The zero-order valence-corrected chi connectivity index (χ0v) is 15.0. The number of pyridine rings is 1. The van der Waals surface area contributed by atoms with Crippen LogP contribution in [0.5, 0.6) is 0 Å². The van der Waals surface area contributed by atoms with Crippen molar-refractivity contribution in [2.45, 2.75) is 6.42 Å². The van der Waals surface area contributed by atoms with Gasteiger partial charge in [-0.25, -0.2) is 0 Å². The van der Waals surface area contributed by atoms with E-state index in [1.54, 1.807) is 36.8 Å². The van der Waals surface area contributed by atoms with E-state index in [-0.39, 0.29) is 0 Å². The summed E-state index contributed by atoms with van der Waals surface area (Å²) in [6, 6.07) is 9.15. The number of aromatic nitrogens is 4. The molecule has 1 aromatic carbocycles. The van der Waals surface area contributed by atoms with Gasteiger partial charge in [-0.15, -0.1) is 5.10 Å². The van der Waals surface area contributed by atoms with Gasteiger partial charge in [0.15, 0.2) is 5.82 Å². The number of rotatable bonds is 6. The molecule has 0 bridgehead atoms. The Balaban J connectivity index is 1.69. The fourth-order valence-electron chi connectivity index (χ4n) is 2.21. The van der Waals surface area contributed by atoms with Crippen LogP contribution < -0.4 is 10.2 Å². The summed E-state index contributed by atoms with van der Waals surface area (Å²) < 4.78 is 0. The zero-order chi connectivity index (χ0) is 17.6. The lowest BCUT2D eigenvalue weighted by atomic mass is 10.2. The minimum Gasteiger partial charge on any atom is -0.358 e. The molecule has 3 rings (SSSR count). The second kappa shape index (κ2) is 8.09. The molecule has 0 spiro atoms. The number of anilines is 3. The minimum absolute atomic E-state index is 0.359. The SMILES string of the molecule is CN(CCc1ccncc1)c1cnnc(Nc2cc(Cl)ccc2Cl)n1. The average molecular weight is 375 g/mol. The van der Waals surface area contributed by atoms with E-state index in [9.17, 15) is 0 Å². The van der Waals surface area contributed by atoms with Gasteiger partial charge in [-0.3, -0.25) is 4.98 Å². The normalized spacial score (nSPS) is 10.5. The van der Waals surface area contributed by atoms with Crippen LogP contribution in [0.4, 0.5) is 17.5 Å². The van der Waals surface area contributed by atoms with Gasteiger partial charge in [-0.1, -0.05) is 23.2 Å². The van der Waals surface area contributed by atoms with Crippen molar-refractivity contribution in [2.75, 3.05) is 23.8 Å². The first-order valence-electron chi connectivity index (χ1n) is 7.63. The molecule has 128 valence electrons. The van der Waals surface area contributed by atoms with Gasteiger partial charge in [0.25, 0.3) is 0 Å². The Kier molecular flexibility index (Phi) is 5.63. The largest absolute Gasteiger partial charge is 0.358 e. The number of benzene rings is 1. The van der Waals surface area contributed by atoms with Crippen molar-refractivity contribution in [1.29, 1.82) is 0 Å². The Morgan fingerprint density at radius 1 is 1.12 bits per heavy atom. The number of nitrogens with one attached hydrogen (secondary N) is 1. The Morgan fingerprint density at radius 2 is 1.92 bits per heavy atom. The summed E-state index contributed by atoms with van der Waals surface area (Å²) >= 11 is 12.1. The molecule has 1 N–H and O–H groups in total. The van der Waals surface area contributed by atoms with Gasteiger partial charge in [0.2, 0.25) is 5.95 Å². The molecule has 0 radical (unpaired) electrons. The van der Waals surface area contributed by atoms with Crippen molar-refractivity contribution in [2.24, 2.45) is 0 Å². The third kappa shape index (κ3) is 4.78. The standard InChI is InChI=1S/C17H16Cl2N6/c1-25(9-6-12-4-7-20-8-5-12)16-11-21-24-17(23-16)22-15-10-13(18)2-3-14(15)19/h2-5,7-8,10-11H,6,9H2,1H3,(H,22,23,24). The fourth-order valence-corrected chi connectivity index (χ4v) is 2.54. The average Bonchev–Trinajstić information content (AvgIpc) is 2.64. The molecule has 0 unspecified atom stereocenters. The first kappa shape index (κ1) is 17.4. The van der Waals surface area contributed by atoms with Crippen LogP contribution in [0.1, 0.15) is 5.56 Å². The Bertz CT molecular complexity index is 844. The molecular weight excluding hydrogens is 359 g/mol. The van der Waals surface area contributed by atoms with Crippen LogP contribution in [0.3, 0.4) is 0 Å². The number of halogens is 2. The van der Waals surface area contributed by atoms with Gasteiger partial charge >= 0.3 is 0 Å². The first-order chi connectivity index (χ1) is 12.1. The molecule has 2 aromatic heterocycles. The van der Waals surface area contributed by atoms with Crippen LogP contribution in [0.25, 0.3) is 0 Å². The lowest BCUT2D eigenvalue weighted by Crippen LogP contribution is -2.22. The van der Waals surface area contributed by atoms with Crippen LogP contribution >= 0.6 is 23.2 Å². The second-order valence-electron chi connectivity index (χ2n) is 5.41. The zero-order valence-electron chi connectivity index (χ0n) is 13.5. The quantitative estimate of drug-likeness (QED) is 0.703. The summed E-state index contributed by atoms with van der Waals surface area (Å²) in [5.41, 5.74) is 1.85. The van der Waals surface area contributed by atoms with E-state index >= 15 is 0 Å². The number of likely N-dealkylation sites (N-methyl/N-ethyl adjacent to an activating group) is 1.